The minimum Gasteiger partial charge on any atom is -0.384 e. The predicted octanol–water partition coefficient (Wildman–Crippen LogP) is 0.503. The van der Waals surface area contributed by atoms with Crippen molar-refractivity contribution in [1.29, 1.82) is 0 Å². The van der Waals surface area contributed by atoms with Crippen LogP contribution in [-0.4, -0.2) is 44.1 Å². The number of nitrogens with one attached hydrogen (secondary N) is 1. The van der Waals surface area contributed by atoms with E-state index in [0.29, 0.717) is 16.7 Å². The zero-order chi connectivity index (χ0) is 15.9. The Kier molecular flexibility index (Phi) is 6.40. The van der Waals surface area contributed by atoms with Gasteiger partial charge in [-0.3, -0.25) is 4.79 Å². The molecule has 0 aromatic heterocycles. The van der Waals surface area contributed by atoms with E-state index in [-0.39, 0.29) is 30.6 Å². The number of carbonyl (C=O) groups is 1. The van der Waals surface area contributed by atoms with E-state index in [1.807, 2.05) is 0 Å². The molecule has 0 spiro atoms. The molecule has 6 heteroatoms. The summed E-state index contributed by atoms with van der Waals surface area (Å²) < 4.78 is 22.7. The van der Waals surface area contributed by atoms with E-state index in [1.54, 1.807) is 32.0 Å². The molecule has 0 bridgehead atoms. The van der Waals surface area contributed by atoms with E-state index in [2.05, 4.69) is 17.2 Å². The zero-order valence-electron chi connectivity index (χ0n) is 12.1. The van der Waals surface area contributed by atoms with Crippen molar-refractivity contribution in [1.82, 2.24) is 5.32 Å². The Hall–Kier alpha value is -1.84. The molecule has 1 amide bonds. The standard InChI is InChI=1S/C15H19NO4S/c1-3-21(19,20)11-9-16-15(18)14-8-4-6-13(12(14)2)7-5-10-17/h4,6,8,17H,3,9-11H2,1-2H3,(H,16,18). The summed E-state index contributed by atoms with van der Waals surface area (Å²) in [4.78, 5) is 12.1. The van der Waals surface area contributed by atoms with Crippen LogP contribution in [0.15, 0.2) is 18.2 Å². The molecule has 0 heterocycles. The number of benzene rings is 1. The monoisotopic (exact) mass is 309 g/mol. The quantitative estimate of drug-likeness (QED) is 0.776. The normalized spacial score (nSPS) is 10.6. The van der Waals surface area contributed by atoms with Crippen LogP contribution in [0.25, 0.3) is 0 Å². The molecule has 0 fully saturated rings. The fourth-order valence-electron chi connectivity index (χ4n) is 1.71. The van der Waals surface area contributed by atoms with Crippen LogP contribution in [0.5, 0.6) is 0 Å². The van der Waals surface area contributed by atoms with Crippen LogP contribution < -0.4 is 5.32 Å². The van der Waals surface area contributed by atoms with Crippen molar-refractivity contribution in [3.05, 3.63) is 34.9 Å². The summed E-state index contributed by atoms with van der Waals surface area (Å²) in [6.07, 6.45) is 0. The third-order valence-electron chi connectivity index (χ3n) is 3.02. The SMILES string of the molecule is CCS(=O)(=O)CCNC(=O)c1cccc(C#CCO)c1C. The molecule has 1 rings (SSSR count). The van der Waals surface area contributed by atoms with Crippen LogP contribution in [-0.2, 0) is 9.84 Å². The smallest absolute Gasteiger partial charge is 0.251 e. The summed E-state index contributed by atoms with van der Waals surface area (Å²) in [6, 6.07) is 5.12. The first-order valence-corrected chi connectivity index (χ1v) is 8.41. The maximum absolute atomic E-state index is 12.1. The third-order valence-corrected chi connectivity index (χ3v) is 4.72. The van der Waals surface area contributed by atoms with Crippen molar-refractivity contribution in [3.63, 3.8) is 0 Å². The van der Waals surface area contributed by atoms with E-state index in [1.165, 1.54) is 0 Å². The van der Waals surface area contributed by atoms with Crippen molar-refractivity contribution in [2.24, 2.45) is 0 Å². The van der Waals surface area contributed by atoms with Crippen molar-refractivity contribution in [3.8, 4) is 11.8 Å². The summed E-state index contributed by atoms with van der Waals surface area (Å²) in [7, 11) is -3.09. The molecule has 5 nitrogen and oxygen atoms in total. The number of aliphatic hydroxyl groups is 1. The van der Waals surface area contributed by atoms with Crippen molar-refractivity contribution in [2.75, 3.05) is 24.7 Å². The highest BCUT2D eigenvalue weighted by Gasteiger charge is 2.12. The van der Waals surface area contributed by atoms with Gasteiger partial charge in [0.2, 0.25) is 0 Å². The van der Waals surface area contributed by atoms with Gasteiger partial charge < -0.3 is 10.4 Å². The Bertz CT molecular complexity index is 669. The average Bonchev–Trinajstić information content (AvgIpc) is 2.46. The van der Waals surface area contributed by atoms with Crippen molar-refractivity contribution in [2.45, 2.75) is 13.8 Å². The summed E-state index contributed by atoms with van der Waals surface area (Å²) in [6.45, 7) is 3.18. The van der Waals surface area contributed by atoms with Crippen LogP contribution >= 0.6 is 0 Å². The van der Waals surface area contributed by atoms with Gasteiger partial charge in [0.05, 0.1) is 5.75 Å². The maximum atomic E-state index is 12.1. The molecule has 1 aromatic carbocycles. The van der Waals surface area contributed by atoms with Crippen LogP contribution in [0, 0.1) is 18.8 Å². The minimum atomic E-state index is -3.09. The highest BCUT2D eigenvalue weighted by molar-refractivity contribution is 7.91. The minimum absolute atomic E-state index is 0.0636. The Morgan fingerprint density at radius 2 is 2.10 bits per heavy atom. The lowest BCUT2D eigenvalue weighted by Crippen LogP contribution is -2.30. The molecule has 0 radical (unpaired) electrons. The summed E-state index contributed by atoms with van der Waals surface area (Å²) in [5, 5.41) is 11.3. The van der Waals surface area contributed by atoms with E-state index in [0.717, 1.165) is 0 Å². The summed E-state index contributed by atoms with van der Waals surface area (Å²) >= 11 is 0. The van der Waals surface area contributed by atoms with Gasteiger partial charge in [-0.25, -0.2) is 8.42 Å². The van der Waals surface area contributed by atoms with Gasteiger partial charge in [-0.15, -0.1) is 0 Å². The fourth-order valence-corrected chi connectivity index (χ4v) is 2.41. The Morgan fingerprint density at radius 1 is 1.38 bits per heavy atom. The number of carbonyl (C=O) groups excluding carboxylic acids is 1. The molecule has 0 saturated carbocycles. The van der Waals surface area contributed by atoms with E-state index < -0.39 is 9.84 Å². The molecule has 0 saturated heterocycles. The van der Waals surface area contributed by atoms with Crippen LogP contribution in [0.4, 0.5) is 0 Å². The molecule has 1 aromatic rings. The van der Waals surface area contributed by atoms with Gasteiger partial charge >= 0.3 is 0 Å². The molecule has 0 aliphatic carbocycles. The number of rotatable bonds is 5. The highest BCUT2D eigenvalue weighted by atomic mass is 32.2. The maximum Gasteiger partial charge on any atom is 0.251 e. The molecule has 114 valence electrons. The number of sulfone groups is 1. The lowest BCUT2D eigenvalue weighted by Gasteiger charge is -2.09. The molecule has 0 atom stereocenters. The number of aliphatic hydroxyl groups excluding tert-OH is 1. The lowest BCUT2D eigenvalue weighted by atomic mass is 10.0. The number of hydrogen-bond acceptors (Lipinski definition) is 4. The lowest BCUT2D eigenvalue weighted by molar-refractivity contribution is 0.0955. The topological polar surface area (TPSA) is 83.5 Å². The first kappa shape index (κ1) is 17.2. The van der Waals surface area contributed by atoms with Gasteiger partial charge in [-0.2, -0.15) is 0 Å². The molecule has 0 aliphatic rings. The fraction of sp³-hybridized carbons (Fsp3) is 0.400. The van der Waals surface area contributed by atoms with Crippen LogP contribution in [0.3, 0.4) is 0 Å². The van der Waals surface area contributed by atoms with Gasteiger partial charge in [0.25, 0.3) is 5.91 Å². The van der Waals surface area contributed by atoms with Gasteiger partial charge in [0.15, 0.2) is 9.84 Å². The van der Waals surface area contributed by atoms with Gasteiger partial charge in [-0.05, 0) is 24.6 Å². The molecular weight excluding hydrogens is 290 g/mol. The van der Waals surface area contributed by atoms with Crippen LogP contribution in [0.2, 0.25) is 0 Å². The van der Waals surface area contributed by atoms with Crippen molar-refractivity contribution < 1.29 is 18.3 Å². The van der Waals surface area contributed by atoms with Gasteiger partial charge in [0, 0.05) is 23.4 Å². The van der Waals surface area contributed by atoms with Crippen LogP contribution in [0.1, 0.15) is 28.4 Å². The Labute approximate surface area is 125 Å². The predicted molar refractivity (Wildman–Crippen MR) is 81.8 cm³/mol. The first-order chi connectivity index (χ1) is 9.91. The Balaban J connectivity index is 2.79. The highest BCUT2D eigenvalue weighted by Crippen LogP contribution is 2.12. The molecule has 21 heavy (non-hydrogen) atoms. The van der Waals surface area contributed by atoms with E-state index in [4.69, 9.17) is 5.11 Å². The summed E-state index contributed by atoms with van der Waals surface area (Å²) in [5.74, 6) is 4.97. The molecule has 2 N–H and O–H groups in total. The van der Waals surface area contributed by atoms with Gasteiger partial charge in [0.1, 0.15) is 6.61 Å². The second-order valence-electron chi connectivity index (χ2n) is 4.43. The molecule has 0 unspecified atom stereocenters. The zero-order valence-corrected chi connectivity index (χ0v) is 13.0. The second kappa shape index (κ2) is 7.81. The third kappa shape index (κ3) is 5.21. The van der Waals surface area contributed by atoms with E-state index >= 15 is 0 Å². The van der Waals surface area contributed by atoms with Gasteiger partial charge in [-0.1, -0.05) is 24.8 Å². The van der Waals surface area contributed by atoms with E-state index in [9.17, 15) is 13.2 Å². The largest absolute Gasteiger partial charge is 0.384 e. The first-order valence-electron chi connectivity index (χ1n) is 6.59. The number of hydrogen-bond donors (Lipinski definition) is 2. The van der Waals surface area contributed by atoms with Crippen molar-refractivity contribution >= 4 is 15.7 Å². The number of amides is 1. The molecular formula is C15H19NO4S. The molecule has 0 aliphatic heterocycles. The Morgan fingerprint density at radius 3 is 2.71 bits per heavy atom. The summed E-state index contributed by atoms with van der Waals surface area (Å²) in [5.41, 5.74) is 1.82. The second-order valence-corrected chi connectivity index (χ2v) is 6.90. The average molecular weight is 309 g/mol.